The number of hydrogen-bond acceptors (Lipinski definition) is 5. The molecule has 0 spiro atoms. The van der Waals surface area contributed by atoms with E-state index in [1.807, 2.05) is 29.2 Å². The molecule has 0 bridgehead atoms. The van der Waals surface area contributed by atoms with Gasteiger partial charge in [-0.2, -0.15) is 0 Å². The maximum Gasteiger partial charge on any atom is 0.234 e. The molecule has 1 aliphatic heterocycles. The third-order valence-electron chi connectivity index (χ3n) is 8.19. The second-order valence-corrected chi connectivity index (χ2v) is 10.3. The summed E-state index contributed by atoms with van der Waals surface area (Å²) in [5, 5.41) is 2.98. The van der Waals surface area contributed by atoms with E-state index in [9.17, 15) is 9.59 Å². The number of likely N-dealkylation sites (N-methyl/N-ethyl adjacent to an activating group) is 1. The Morgan fingerprint density at radius 1 is 1.11 bits per heavy atom. The van der Waals surface area contributed by atoms with E-state index in [-0.39, 0.29) is 29.6 Å². The van der Waals surface area contributed by atoms with Gasteiger partial charge >= 0.3 is 0 Å². The van der Waals surface area contributed by atoms with Crippen molar-refractivity contribution in [2.75, 3.05) is 13.6 Å². The predicted molar refractivity (Wildman–Crippen MR) is 139 cm³/mol. The summed E-state index contributed by atoms with van der Waals surface area (Å²) in [6, 6.07) is 8.27. The van der Waals surface area contributed by atoms with E-state index in [0.29, 0.717) is 24.9 Å². The minimum atomic E-state index is -0.573. The summed E-state index contributed by atoms with van der Waals surface area (Å²) in [5.74, 6) is -0.831. The molecule has 3 unspecified atom stereocenters. The van der Waals surface area contributed by atoms with Gasteiger partial charge in [-0.1, -0.05) is 31.4 Å². The van der Waals surface area contributed by atoms with Crippen molar-refractivity contribution >= 4 is 22.8 Å². The number of nitrogens with zero attached hydrogens (tertiary/aromatic N) is 4. The highest BCUT2D eigenvalue weighted by Crippen LogP contribution is 2.40. The van der Waals surface area contributed by atoms with Crippen LogP contribution < -0.4 is 11.1 Å². The van der Waals surface area contributed by atoms with Crippen LogP contribution in [0.5, 0.6) is 0 Å². The van der Waals surface area contributed by atoms with Gasteiger partial charge in [0.15, 0.2) is 11.6 Å². The van der Waals surface area contributed by atoms with Gasteiger partial charge in [-0.3, -0.25) is 14.2 Å². The Morgan fingerprint density at radius 2 is 1.89 bits per heavy atom. The van der Waals surface area contributed by atoms with Crippen LogP contribution in [0.4, 0.5) is 4.39 Å². The number of hydrogen-bond donors (Lipinski definition) is 2. The molecule has 0 radical (unpaired) electrons. The molecule has 196 valence electrons. The molecule has 2 aliphatic rings. The van der Waals surface area contributed by atoms with Gasteiger partial charge in [0.25, 0.3) is 0 Å². The highest BCUT2D eigenvalue weighted by atomic mass is 19.1. The lowest BCUT2D eigenvalue weighted by Crippen LogP contribution is -2.46. The zero-order valence-electron chi connectivity index (χ0n) is 21.3. The van der Waals surface area contributed by atoms with Crippen LogP contribution in [0.25, 0.3) is 16.9 Å². The molecule has 9 heteroatoms. The van der Waals surface area contributed by atoms with Gasteiger partial charge in [0, 0.05) is 24.2 Å². The van der Waals surface area contributed by atoms with E-state index in [1.165, 1.54) is 6.42 Å². The summed E-state index contributed by atoms with van der Waals surface area (Å²) >= 11 is 0. The number of carbonyl (C=O) groups is 2. The third kappa shape index (κ3) is 4.97. The number of para-hydroxylation sites is 2. The lowest BCUT2D eigenvalue weighted by Gasteiger charge is -2.36. The number of halogens is 1. The normalized spacial score (nSPS) is 20.3. The fraction of sp³-hybridized carbons (Fsp3) is 0.500. The molecule has 3 aromatic rings. The fourth-order valence-corrected chi connectivity index (χ4v) is 6.23. The average Bonchev–Trinajstić information content (AvgIpc) is 3.57. The van der Waals surface area contributed by atoms with Crippen LogP contribution in [0, 0.1) is 17.7 Å². The zero-order valence-corrected chi connectivity index (χ0v) is 21.3. The maximum atomic E-state index is 16.1. The van der Waals surface area contributed by atoms with E-state index < -0.39 is 17.8 Å². The molecule has 2 amide bonds. The van der Waals surface area contributed by atoms with Gasteiger partial charge < -0.3 is 16.0 Å². The Labute approximate surface area is 216 Å². The molecule has 2 fully saturated rings. The van der Waals surface area contributed by atoms with Crippen molar-refractivity contribution in [3.05, 3.63) is 54.2 Å². The van der Waals surface area contributed by atoms with Crippen molar-refractivity contribution in [1.29, 1.82) is 0 Å². The molecule has 1 saturated heterocycles. The molecule has 3 heterocycles. The quantitative estimate of drug-likeness (QED) is 0.482. The van der Waals surface area contributed by atoms with Gasteiger partial charge in [-0.25, -0.2) is 14.4 Å². The van der Waals surface area contributed by atoms with E-state index in [0.717, 1.165) is 43.1 Å². The first-order valence-corrected chi connectivity index (χ1v) is 13.3. The van der Waals surface area contributed by atoms with Crippen LogP contribution >= 0.6 is 0 Å². The number of carbonyl (C=O) groups excluding carboxylic acids is 2. The first kappa shape index (κ1) is 25.3. The molecule has 8 nitrogen and oxygen atoms in total. The molecular weight excluding hydrogens is 471 g/mol. The number of benzene rings is 1. The average molecular weight is 507 g/mol. The molecule has 37 heavy (non-hydrogen) atoms. The van der Waals surface area contributed by atoms with E-state index in [1.54, 1.807) is 30.2 Å². The number of pyridine rings is 1. The number of nitrogens with one attached hydrogen (secondary N) is 1. The van der Waals surface area contributed by atoms with Crippen LogP contribution in [0.2, 0.25) is 0 Å². The first-order valence-electron chi connectivity index (χ1n) is 13.3. The van der Waals surface area contributed by atoms with Crippen LogP contribution in [0.1, 0.15) is 63.0 Å². The lowest BCUT2D eigenvalue weighted by molar-refractivity contribution is -0.139. The van der Waals surface area contributed by atoms with Gasteiger partial charge in [0.05, 0.1) is 23.1 Å². The van der Waals surface area contributed by atoms with Crippen molar-refractivity contribution in [1.82, 2.24) is 24.8 Å². The highest BCUT2D eigenvalue weighted by molar-refractivity contribution is 5.83. The van der Waals surface area contributed by atoms with Crippen LogP contribution in [0.3, 0.4) is 0 Å². The summed E-state index contributed by atoms with van der Waals surface area (Å²) in [7, 11) is 1.70. The predicted octanol–water partition coefficient (Wildman–Crippen LogP) is 3.88. The van der Waals surface area contributed by atoms with Crippen molar-refractivity contribution in [2.45, 2.75) is 63.5 Å². The van der Waals surface area contributed by atoms with Crippen LogP contribution in [0.15, 0.2) is 42.9 Å². The highest BCUT2D eigenvalue weighted by Gasteiger charge is 2.40. The van der Waals surface area contributed by atoms with Gasteiger partial charge in [-0.05, 0) is 63.3 Å². The molecule has 2 aromatic heterocycles. The summed E-state index contributed by atoms with van der Waals surface area (Å²) < 4.78 is 17.7. The summed E-state index contributed by atoms with van der Waals surface area (Å²) in [6.45, 7) is 0.568. The Kier molecular flexibility index (Phi) is 7.50. The van der Waals surface area contributed by atoms with Crippen molar-refractivity contribution in [3.8, 4) is 5.82 Å². The summed E-state index contributed by atoms with van der Waals surface area (Å²) in [6.07, 6.45) is 10.3. The van der Waals surface area contributed by atoms with Crippen molar-refractivity contribution in [2.24, 2.45) is 17.6 Å². The van der Waals surface area contributed by atoms with Crippen molar-refractivity contribution < 1.29 is 14.0 Å². The smallest absolute Gasteiger partial charge is 0.234 e. The minimum Gasteiger partial charge on any atom is -0.368 e. The Morgan fingerprint density at radius 3 is 2.65 bits per heavy atom. The molecule has 3 atom stereocenters. The molecule has 3 N–H and O–H groups in total. The summed E-state index contributed by atoms with van der Waals surface area (Å²) in [5.41, 5.74) is 7.63. The largest absolute Gasteiger partial charge is 0.368 e. The molecular formula is C28H35FN6O2. The number of rotatable bonds is 8. The monoisotopic (exact) mass is 506 g/mol. The lowest BCUT2D eigenvalue weighted by atomic mass is 9.76. The number of amides is 2. The number of likely N-dealkylation sites (tertiary alicyclic amines) is 1. The number of imidazole rings is 1. The van der Waals surface area contributed by atoms with Gasteiger partial charge in [0.1, 0.15) is 6.33 Å². The van der Waals surface area contributed by atoms with Gasteiger partial charge in [0.2, 0.25) is 11.8 Å². The molecule has 1 saturated carbocycles. The zero-order chi connectivity index (χ0) is 25.9. The SMILES string of the molecule is CNC(CC(C(=O)N1CCCC1c1ccnc(-n2cnc3ccccc32)c1F)C1CCCCC1)C(N)=O. The van der Waals surface area contributed by atoms with E-state index in [2.05, 4.69) is 15.3 Å². The second-order valence-electron chi connectivity index (χ2n) is 10.3. The van der Waals surface area contributed by atoms with Crippen LogP contribution in [-0.2, 0) is 9.59 Å². The third-order valence-corrected chi connectivity index (χ3v) is 8.19. The number of nitrogens with two attached hydrogens (primary N) is 1. The maximum absolute atomic E-state index is 16.1. The number of primary amides is 1. The topological polar surface area (TPSA) is 106 Å². The Balaban J connectivity index is 1.46. The first-order chi connectivity index (χ1) is 18.0. The Hall–Kier alpha value is -3.33. The van der Waals surface area contributed by atoms with Crippen molar-refractivity contribution in [3.63, 3.8) is 0 Å². The molecule has 5 rings (SSSR count). The number of fused-ring (bicyclic) bond motifs is 1. The van der Waals surface area contributed by atoms with E-state index >= 15 is 4.39 Å². The molecule has 1 aliphatic carbocycles. The van der Waals surface area contributed by atoms with Crippen LogP contribution in [-0.4, -0.2) is 50.9 Å². The van der Waals surface area contributed by atoms with Gasteiger partial charge in [-0.15, -0.1) is 0 Å². The second kappa shape index (κ2) is 11.0. The number of aromatic nitrogens is 3. The Bertz CT molecular complexity index is 1270. The minimum absolute atomic E-state index is 0.00161. The van der Waals surface area contributed by atoms with E-state index in [4.69, 9.17) is 5.73 Å². The summed E-state index contributed by atoms with van der Waals surface area (Å²) in [4.78, 5) is 36.7. The molecule has 1 aromatic carbocycles. The standard InChI is InChI=1S/C28H35FN6O2/c1-31-22(26(30)36)16-20(18-8-3-2-4-9-18)28(37)34-15-7-12-23(34)19-13-14-32-27(25(19)29)35-17-33-21-10-5-6-11-24(21)35/h5-6,10-11,13-14,17-18,20,22-23,31H,2-4,7-9,12,15-16H2,1H3,(H2,30,36). The fourth-order valence-electron chi connectivity index (χ4n) is 6.23.